The molecule has 1 amide bonds. The fourth-order valence-corrected chi connectivity index (χ4v) is 1.24. The number of nitrogens with one attached hydrogen (secondary N) is 1. The Morgan fingerprint density at radius 1 is 1.69 bits per heavy atom. The molecule has 1 unspecified atom stereocenters. The summed E-state index contributed by atoms with van der Waals surface area (Å²) in [5.41, 5.74) is 2.40. The van der Waals surface area contributed by atoms with Gasteiger partial charge < -0.3 is 4.42 Å². The lowest BCUT2D eigenvalue weighted by Crippen LogP contribution is -2.31. The number of furan rings is 1. The molecule has 5 heteroatoms. The Kier molecular flexibility index (Phi) is 6.18. The molecule has 1 N–H and O–H groups in total. The molecule has 0 aliphatic carbocycles. The number of hydrogen-bond acceptors (Lipinski definition) is 3. The molecule has 90 valence electrons. The lowest BCUT2D eigenvalue weighted by molar-refractivity contribution is -0.132. The Morgan fingerprint density at radius 2 is 2.50 bits per heavy atom. The number of hydrogen-bond donors (Lipinski definition) is 1. The fraction of sp³-hybridized carbons (Fsp3) is 0.545. The Labute approximate surface area is 103 Å². The molecule has 0 aliphatic heterocycles. The van der Waals surface area contributed by atoms with Crippen molar-refractivity contribution in [3.8, 4) is 0 Å². The molecule has 16 heavy (non-hydrogen) atoms. The van der Waals surface area contributed by atoms with E-state index in [-0.39, 0.29) is 10.7 Å². The lowest BCUT2D eigenvalue weighted by atomic mass is 10.3. The molecule has 0 saturated heterocycles. The van der Waals surface area contributed by atoms with Crippen molar-refractivity contribution in [2.75, 3.05) is 6.61 Å². The molecule has 0 spiro atoms. The molecule has 0 bridgehead atoms. The highest BCUT2D eigenvalue weighted by Gasteiger charge is 2.11. The molecule has 1 rings (SSSR count). The van der Waals surface area contributed by atoms with Gasteiger partial charge in [0, 0.05) is 6.42 Å². The van der Waals surface area contributed by atoms with E-state index in [4.69, 9.17) is 9.25 Å². The maximum atomic E-state index is 11.3. The van der Waals surface area contributed by atoms with Gasteiger partial charge in [0.25, 0.3) is 5.91 Å². The van der Waals surface area contributed by atoms with Crippen LogP contribution in [-0.2, 0) is 16.1 Å². The van der Waals surface area contributed by atoms with Gasteiger partial charge in [-0.2, -0.15) is 0 Å². The van der Waals surface area contributed by atoms with Crippen LogP contribution in [0.15, 0.2) is 22.8 Å². The highest BCUT2D eigenvalue weighted by Crippen LogP contribution is 2.04. The summed E-state index contributed by atoms with van der Waals surface area (Å²) in [7, 11) is 0. The molecule has 0 aromatic carbocycles. The first-order valence-electron chi connectivity index (χ1n) is 5.32. The van der Waals surface area contributed by atoms with Crippen LogP contribution in [0.25, 0.3) is 0 Å². The third kappa shape index (κ3) is 4.81. The molecule has 1 aromatic rings. The maximum absolute atomic E-state index is 11.3. The summed E-state index contributed by atoms with van der Waals surface area (Å²) < 4.78 is 5.17. The van der Waals surface area contributed by atoms with Gasteiger partial charge in [0.1, 0.15) is 5.76 Å². The van der Waals surface area contributed by atoms with E-state index in [9.17, 15) is 4.79 Å². The number of carbonyl (C=O) groups is 1. The number of hydroxylamine groups is 1. The van der Waals surface area contributed by atoms with Crippen LogP contribution in [0.3, 0.4) is 0 Å². The summed E-state index contributed by atoms with van der Waals surface area (Å²) in [6.07, 6.45) is 4.01. The van der Waals surface area contributed by atoms with Crippen LogP contribution in [0, 0.1) is 0 Å². The molecular weight excluding hydrogens is 274 g/mol. The monoisotopic (exact) mass is 289 g/mol. The van der Waals surface area contributed by atoms with Crippen LogP contribution in [0.2, 0.25) is 0 Å². The zero-order valence-electron chi connectivity index (χ0n) is 9.24. The second-order valence-corrected chi connectivity index (χ2v) is 4.48. The zero-order valence-corrected chi connectivity index (χ0v) is 10.8. The average Bonchev–Trinajstić information content (AvgIpc) is 2.80. The average molecular weight is 290 g/mol. The predicted octanol–water partition coefficient (Wildman–Crippen LogP) is 2.43. The van der Waals surface area contributed by atoms with Gasteiger partial charge in [-0.15, -0.1) is 0 Å². The van der Waals surface area contributed by atoms with Crippen molar-refractivity contribution >= 4 is 21.8 Å². The normalized spacial score (nSPS) is 12.4. The molecule has 0 aliphatic rings. The summed E-state index contributed by atoms with van der Waals surface area (Å²) in [5.74, 6) is 0.794. The molecule has 1 atom stereocenters. The third-order valence-corrected chi connectivity index (χ3v) is 3.13. The molecule has 0 radical (unpaired) electrons. The van der Waals surface area contributed by atoms with Crippen LogP contribution in [0.4, 0.5) is 0 Å². The van der Waals surface area contributed by atoms with E-state index in [1.54, 1.807) is 6.26 Å². The van der Waals surface area contributed by atoms with Crippen molar-refractivity contribution in [1.29, 1.82) is 0 Å². The van der Waals surface area contributed by atoms with Crippen molar-refractivity contribution in [3.05, 3.63) is 24.2 Å². The van der Waals surface area contributed by atoms with Gasteiger partial charge in [0.2, 0.25) is 0 Å². The van der Waals surface area contributed by atoms with Gasteiger partial charge >= 0.3 is 0 Å². The SMILES string of the molecule is CCC(Br)C(=O)NOCCCc1ccco1. The first kappa shape index (κ1) is 13.3. The zero-order chi connectivity index (χ0) is 11.8. The number of amides is 1. The van der Waals surface area contributed by atoms with E-state index in [1.165, 1.54) is 0 Å². The van der Waals surface area contributed by atoms with Crippen LogP contribution in [-0.4, -0.2) is 17.3 Å². The molecule has 0 saturated carbocycles. The first-order chi connectivity index (χ1) is 7.74. The maximum Gasteiger partial charge on any atom is 0.257 e. The summed E-state index contributed by atoms with van der Waals surface area (Å²) in [6.45, 7) is 2.41. The Hall–Kier alpha value is -0.810. The summed E-state index contributed by atoms with van der Waals surface area (Å²) in [6, 6.07) is 3.78. The van der Waals surface area contributed by atoms with E-state index >= 15 is 0 Å². The minimum atomic E-state index is -0.183. The lowest BCUT2D eigenvalue weighted by Gasteiger charge is -2.08. The molecule has 1 aromatic heterocycles. The first-order valence-corrected chi connectivity index (χ1v) is 6.23. The number of aryl methyl sites for hydroxylation is 1. The van der Waals surface area contributed by atoms with Crippen molar-refractivity contribution in [2.45, 2.75) is 31.0 Å². The molecule has 0 fully saturated rings. The fourth-order valence-electron chi connectivity index (χ4n) is 1.14. The largest absolute Gasteiger partial charge is 0.469 e. The second-order valence-electron chi connectivity index (χ2n) is 3.37. The standard InChI is InChI=1S/C11H16BrNO3/c1-2-10(12)11(14)13-16-8-4-6-9-5-3-7-15-9/h3,5,7,10H,2,4,6,8H2,1H3,(H,13,14). The van der Waals surface area contributed by atoms with Gasteiger partial charge in [-0.3, -0.25) is 9.63 Å². The topological polar surface area (TPSA) is 51.5 Å². The van der Waals surface area contributed by atoms with E-state index in [2.05, 4.69) is 21.4 Å². The van der Waals surface area contributed by atoms with Crippen LogP contribution < -0.4 is 5.48 Å². The highest BCUT2D eigenvalue weighted by molar-refractivity contribution is 9.10. The van der Waals surface area contributed by atoms with Gasteiger partial charge in [-0.25, -0.2) is 5.48 Å². The Balaban J connectivity index is 2.02. The van der Waals surface area contributed by atoms with Gasteiger partial charge in [0.15, 0.2) is 0 Å². The molecular formula is C11H16BrNO3. The third-order valence-electron chi connectivity index (χ3n) is 2.07. The highest BCUT2D eigenvalue weighted by atomic mass is 79.9. The molecule has 4 nitrogen and oxygen atoms in total. The number of carbonyl (C=O) groups excluding carboxylic acids is 1. The number of rotatable bonds is 7. The quantitative estimate of drug-likeness (QED) is 0.477. The van der Waals surface area contributed by atoms with Crippen molar-refractivity contribution in [1.82, 2.24) is 5.48 Å². The van der Waals surface area contributed by atoms with Crippen LogP contribution in [0.1, 0.15) is 25.5 Å². The van der Waals surface area contributed by atoms with E-state index in [0.29, 0.717) is 6.61 Å². The number of halogens is 1. The van der Waals surface area contributed by atoms with Gasteiger partial charge in [0.05, 0.1) is 17.7 Å². The summed E-state index contributed by atoms with van der Waals surface area (Å²) >= 11 is 3.24. The smallest absolute Gasteiger partial charge is 0.257 e. The summed E-state index contributed by atoms with van der Waals surface area (Å²) in [5, 5.41) is 0. The predicted molar refractivity (Wildman–Crippen MR) is 64.1 cm³/mol. The van der Waals surface area contributed by atoms with E-state index < -0.39 is 0 Å². The van der Waals surface area contributed by atoms with Gasteiger partial charge in [-0.05, 0) is 25.0 Å². The second kappa shape index (κ2) is 7.46. The van der Waals surface area contributed by atoms with Crippen molar-refractivity contribution in [3.63, 3.8) is 0 Å². The minimum Gasteiger partial charge on any atom is -0.469 e. The summed E-state index contributed by atoms with van der Waals surface area (Å²) in [4.78, 5) is 16.1. The van der Waals surface area contributed by atoms with Crippen molar-refractivity contribution < 1.29 is 14.0 Å². The van der Waals surface area contributed by atoms with Crippen LogP contribution >= 0.6 is 15.9 Å². The van der Waals surface area contributed by atoms with Gasteiger partial charge in [-0.1, -0.05) is 22.9 Å². The molecule has 1 heterocycles. The number of alkyl halides is 1. The van der Waals surface area contributed by atoms with E-state index in [1.807, 2.05) is 19.1 Å². The minimum absolute atomic E-state index is 0.138. The Morgan fingerprint density at radius 3 is 3.12 bits per heavy atom. The van der Waals surface area contributed by atoms with E-state index in [0.717, 1.165) is 25.0 Å². The Bertz CT molecular complexity index is 300. The van der Waals surface area contributed by atoms with Crippen molar-refractivity contribution in [2.24, 2.45) is 0 Å². The van der Waals surface area contributed by atoms with Crippen LogP contribution in [0.5, 0.6) is 0 Å².